The van der Waals surface area contributed by atoms with E-state index in [1.54, 1.807) is 12.1 Å². The van der Waals surface area contributed by atoms with Crippen LogP contribution < -0.4 is 21.7 Å². The van der Waals surface area contributed by atoms with Crippen LogP contribution in [0, 0.1) is 0 Å². The molecule has 0 heterocycles. The van der Waals surface area contributed by atoms with Crippen molar-refractivity contribution in [2.45, 2.75) is 6.17 Å². The summed E-state index contributed by atoms with van der Waals surface area (Å²) >= 11 is 11.7. The molecule has 0 saturated carbocycles. The van der Waals surface area contributed by atoms with Gasteiger partial charge in [0, 0.05) is 10.6 Å². The number of nitrogens with two attached hydrogens (primary N) is 2. The lowest BCUT2D eigenvalue weighted by atomic mass is 10.1. The Morgan fingerprint density at radius 2 is 2.07 bits per heavy atom. The summed E-state index contributed by atoms with van der Waals surface area (Å²) in [5.74, 6) is 5.68. The van der Waals surface area contributed by atoms with Gasteiger partial charge in [0.05, 0.1) is 18.3 Å². The van der Waals surface area contributed by atoms with E-state index in [4.69, 9.17) is 39.5 Å². The lowest BCUT2D eigenvalue weighted by molar-refractivity contribution is 0.401. The van der Waals surface area contributed by atoms with E-state index in [9.17, 15) is 0 Å². The van der Waals surface area contributed by atoms with Crippen LogP contribution >= 0.6 is 23.2 Å². The van der Waals surface area contributed by atoms with Gasteiger partial charge in [0.15, 0.2) is 0 Å². The number of halogens is 2. The fourth-order valence-corrected chi connectivity index (χ4v) is 1.70. The molecule has 0 aliphatic carbocycles. The second kappa shape index (κ2) is 4.82. The number of rotatable bonds is 3. The molecule has 4 nitrogen and oxygen atoms in total. The Hall–Kier alpha value is -0.520. The highest BCUT2D eigenvalue weighted by Crippen LogP contribution is 2.34. The number of ether oxygens (including phenoxy) is 1. The standard InChI is InChI=1S/C8H11Cl2N3O/c1-14-7-5(8(11)13-12)2-4(9)3-6(7)10/h2-3,8,13H,11-12H2,1H3. The first-order chi connectivity index (χ1) is 6.60. The molecule has 6 heteroatoms. The fraction of sp³-hybridized carbons (Fsp3) is 0.250. The highest BCUT2D eigenvalue weighted by Gasteiger charge is 2.14. The van der Waals surface area contributed by atoms with Gasteiger partial charge >= 0.3 is 0 Å². The Morgan fingerprint density at radius 3 is 2.57 bits per heavy atom. The van der Waals surface area contributed by atoms with E-state index in [0.29, 0.717) is 21.4 Å². The number of hydrogen-bond donors (Lipinski definition) is 3. The molecule has 5 N–H and O–H groups in total. The number of benzene rings is 1. The summed E-state index contributed by atoms with van der Waals surface area (Å²) in [5.41, 5.74) is 8.68. The van der Waals surface area contributed by atoms with Gasteiger partial charge in [-0.3, -0.25) is 5.84 Å². The van der Waals surface area contributed by atoms with E-state index in [-0.39, 0.29) is 0 Å². The molecule has 0 spiro atoms. The summed E-state index contributed by atoms with van der Waals surface area (Å²) in [4.78, 5) is 0. The van der Waals surface area contributed by atoms with E-state index >= 15 is 0 Å². The molecule has 0 saturated heterocycles. The van der Waals surface area contributed by atoms with Gasteiger partial charge in [-0.25, -0.2) is 5.43 Å². The van der Waals surface area contributed by atoms with Crippen molar-refractivity contribution in [3.05, 3.63) is 27.7 Å². The van der Waals surface area contributed by atoms with E-state index in [2.05, 4.69) is 5.43 Å². The molecule has 0 fully saturated rings. The van der Waals surface area contributed by atoms with Crippen molar-refractivity contribution >= 4 is 23.2 Å². The van der Waals surface area contributed by atoms with Gasteiger partial charge in [0.25, 0.3) is 0 Å². The monoisotopic (exact) mass is 235 g/mol. The van der Waals surface area contributed by atoms with Crippen LogP contribution in [0.3, 0.4) is 0 Å². The molecule has 1 aromatic rings. The van der Waals surface area contributed by atoms with Gasteiger partial charge in [-0.1, -0.05) is 23.2 Å². The molecule has 0 radical (unpaired) electrons. The molecule has 14 heavy (non-hydrogen) atoms. The topological polar surface area (TPSA) is 73.3 Å². The van der Waals surface area contributed by atoms with E-state index in [0.717, 1.165) is 0 Å². The molecule has 0 aliphatic rings. The third-order valence-corrected chi connectivity index (χ3v) is 2.25. The highest BCUT2D eigenvalue weighted by molar-refractivity contribution is 6.35. The first-order valence-electron chi connectivity index (χ1n) is 3.84. The van der Waals surface area contributed by atoms with Crippen LogP contribution in [-0.2, 0) is 0 Å². The molecule has 78 valence electrons. The van der Waals surface area contributed by atoms with Crippen LogP contribution in [0.15, 0.2) is 12.1 Å². The van der Waals surface area contributed by atoms with Crippen molar-refractivity contribution in [1.29, 1.82) is 0 Å². The molecule has 0 bridgehead atoms. The smallest absolute Gasteiger partial charge is 0.143 e. The predicted molar refractivity (Wildman–Crippen MR) is 57.3 cm³/mol. The van der Waals surface area contributed by atoms with Crippen molar-refractivity contribution < 1.29 is 4.74 Å². The summed E-state index contributed by atoms with van der Waals surface area (Å²) in [6.45, 7) is 0. The summed E-state index contributed by atoms with van der Waals surface area (Å²) in [7, 11) is 1.50. The largest absolute Gasteiger partial charge is 0.495 e. The second-order valence-electron chi connectivity index (χ2n) is 2.65. The summed E-state index contributed by atoms with van der Waals surface area (Å²) in [6.07, 6.45) is -0.568. The maximum Gasteiger partial charge on any atom is 0.143 e. The zero-order chi connectivity index (χ0) is 10.7. The normalized spacial score (nSPS) is 12.6. The van der Waals surface area contributed by atoms with E-state index in [1.165, 1.54) is 7.11 Å². The average Bonchev–Trinajstić information content (AvgIpc) is 2.15. The first-order valence-corrected chi connectivity index (χ1v) is 4.60. The van der Waals surface area contributed by atoms with Gasteiger partial charge in [0.1, 0.15) is 5.75 Å². The minimum atomic E-state index is -0.568. The SMILES string of the molecule is COc1c(Cl)cc(Cl)cc1C(N)NN. The molecule has 1 aromatic carbocycles. The van der Waals surface area contributed by atoms with E-state index in [1.807, 2.05) is 0 Å². The number of hydrazine groups is 1. The van der Waals surface area contributed by atoms with Crippen LogP contribution in [0.5, 0.6) is 5.75 Å². The van der Waals surface area contributed by atoms with Gasteiger partial charge in [0.2, 0.25) is 0 Å². The fourth-order valence-electron chi connectivity index (χ4n) is 1.12. The van der Waals surface area contributed by atoms with Gasteiger partial charge < -0.3 is 10.5 Å². The summed E-state index contributed by atoms with van der Waals surface area (Å²) in [6, 6.07) is 3.23. The first kappa shape index (κ1) is 11.6. The lowest BCUT2D eigenvalue weighted by Gasteiger charge is -2.16. The Bertz CT molecular complexity index is 333. The quantitative estimate of drug-likeness (QED) is 0.421. The Kier molecular flexibility index (Phi) is 3.97. The molecular formula is C8H11Cl2N3O. The Morgan fingerprint density at radius 1 is 1.43 bits per heavy atom. The van der Waals surface area contributed by atoms with Crippen molar-refractivity contribution in [1.82, 2.24) is 5.43 Å². The maximum absolute atomic E-state index is 5.90. The minimum Gasteiger partial charge on any atom is -0.495 e. The number of hydrogen-bond acceptors (Lipinski definition) is 4. The van der Waals surface area contributed by atoms with Crippen LogP contribution in [0.1, 0.15) is 11.7 Å². The van der Waals surface area contributed by atoms with Gasteiger partial charge in [-0.2, -0.15) is 0 Å². The van der Waals surface area contributed by atoms with E-state index < -0.39 is 6.17 Å². The molecule has 0 aliphatic heterocycles. The summed E-state index contributed by atoms with van der Waals surface area (Å²) < 4.78 is 5.09. The van der Waals surface area contributed by atoms with Crippen molar-refractivity contribution in [3.8, 4) is 5.75 Å². The molecule has 1 rings (SSSR count). The zero-order valence-electron chi connectivity index (χ0n) is 7.55. The van der Waals surface area contributed by atoms with Gasteiger partial charge in [-0.15, -0.1) is 0 Å². The third-order valence-electron chi connectivity index (χ3n) is 1.76. The van der Waals surface area contributed by atoms with Gasteiger partial charge in [-0.05, 0) is 12.1 Å². The van der Waals surface area contributed by atoms with Crippen LogP contribution in [0.4, 0.5) is 0 Å². The molecule has 0 aromatic heterocycles. The molecule has 0 amide bonds. The summed E-state index contributed by atoms with van der Waals surface area (Å²) in [5, 5.41) is 0.886. The van der Waals surface area contributed by atoms with Crippen molar-refractivity contribution in [3.63, 3.8) is 0 Å². The molecule has 1 atom stereocenters. The van der Waals surface area contributed by atoms with Crippen LogP contribution in [-0.4, -0.2) is 7.11 Å². The highest BCUT2D eigenvalue weighted by atomic mass is 35.5. The number of methoxy groups -OCH3 is 1. The average molecular weight is 236 g/mol. The van der Waals surface area contributed by atoms with Crippen LogP contribution in [0.25, 0.3) is 0 Å². The third kappa shape index (κ3) is 2.29. The number of nitrogens with one attached hydrogen (secondary N) is 1. The van der Waals surface area contributed by atoms with Crippen LogP contribution in [0.2, 0.25) is 10.0 Å². The molecular weight excluding hydrogens is 225 g/mol. The minimum absolute atomic E-state index is 0.403. The maximum atomic E-state index is 5.90. The molecule has 1 unspecified atom stereocenters. The second-order valence-corrected chi connectivity index (χ2v) is 3.50. The zero-order valence-corrected chi connectivity index (χ0v) is 9.06. The van der Waals surface area contributed by atoms with Crippen molar-refractivity contribution in [2.24, 2.45) is 11.6 Å². The Labute approximate surface area is 92.1 Å². The van der Waals surface area contributed by atoms with Crippen molar-refractivity contribution in [2.75, 3.05) is 7.11 Å². The lowest BCUT2D eigenvalue weighted by Crippen LogP contribution is -2.34. The predicted octanol–water partition coefficient (Wildman–Crippen LogP) is 1.42. The Balaban J connectivity index is 3.24.